The molecule has 1 aromatic heterocycles. The average molecular weight is 369 g/mol. The molecule has 1 heterocycles. The van der Waals surface area contributed by atoms with Crippen LogP contribution in [0.5, 0.6) is 0 Å². The Balaban J connectivity index is 1.71. The zero-order chi connectivity index (χ0) is 18.3. The molecule has 3 aromatic rings. The smallest absolute Gasteiger partial charge is 0.254 e. The van der Waals surface area contributed by atoms with Gasteiger partial charge in [-0.25, -0.2) is 4.39 Å². The molecule has 132 valence electrons. The Bertz CT molecular complexity index is 980. The van der Waals surface area contributed by atoms with Crippen LogP contribution >= 0.6 is 11.6 Å². The van der Waals surface area contributed by atoms with E-state index < -0.39 is 5.82 Å². The summed E-state index contributed by atoms with van der Waals surface area (Å²) in [5.41, 5.74) is 2.71. The molecule has 0 saturated heterocycles. The number of amides is 1. The molecule has 0 bridgehead atoms. The fraction of sp³-hybridized carbons (Fsp3) is 0.238. The fourth-order valence-corrected chi connectivity index (χ4v) is 3.38. The Morgan fingerprint density at radius 1 is 1.23 bits per heavy atom. The lowest BCUT2D eigenvalue weighted by atomic mass is 10.0. The Labute approximate surface area is 156 Å². The maximum absolute atomic E-state index is 14.1. The van der Waals surface area contributed by atoms with Gasteiger partial charge in [0.25, 0.3) is 5.91 Å². The Hall–Kier alpha value is -2.46. The molecular weight excluding hydrogens is 351 g/mol. The Morgan fingerprint density at radius 2 is 2.00 bits per heavy atom. The quantitative estimate of drug-likeness (QED) is 0.636. The average Bonchev–Trinajstić information content (AvgIpc) is 3.48. The summed E-state index contributed by atoms with van der Waals surface area (Å²) in [6, 6.07) is 14.1. The van der Waals surface area contributed by atoms with Crippen molar-refractivity contribution in [3.8, 4) is 0 Å². The maximum atomic E-state index is 14.1. The first-order chi connectivity index (χ1) is 12.5. The van der Waals surface area contributed by atoms with Crippen molar-refractivity contribution in [2.24, 2.45) is 0 Å². The van der Waals surface area contributed by atoms with E-state index >= 15 is 0 Å². The molecule has 1 saturated carbocycles. The largest absolute Gasteiger partial charge is 0.337 e. The normalized spacial score (nSPS) is 13.8. The third-order valence-electron chi connectivity index (χ3n) is 4.77. The lowest BCUT2D eigenvalue weighted by molar-refractivity contribution is 0.0785. The predicted molar refractivity (Wildman–Crippen MR) is 101 cm³/mol. The number of carbonyl (C=O) groups is 1. The number of hydrogen-bond acceptors (Lipinski definition) is 2. The van der Waals surface area contributed by atoms with Crippen LogP contribution in [-0.4, -0.2) is 22.8 Å². The van der Waals surface area contributed by atoms with Crippen LogP contribution in [0.15, 0.2) is 48.5 Å². The Kier molecular flexibility index (Phi) is 4.37. The van der Waals surface area contributed by atoms with Gasteiger partial charge in [0.15, 0.2) is 0 Å². The van der Waals surface area contributed by atoms with Crippen molar-refractivity contribution in [2.75, 3.05) is 7.05 Å². The van der Waals surface area contributed by atoms with Crippen LogP contribution < -0.4 is 0 Å². The van der Waals surface area contributed by atoms with E-state index in [0.717, 1.165) is 29.4 Å². The molecule has 2 aromatic carbocycles. The molecule has 0 N–H and O–H groups in total. The fourth-order valence-electron chi connectivity index (χ4n) is 3.16. The van der Waals surface area contributed by atoms with Gasteiger partial charge in [-0.2, -0.15) is 0 Å². The molecule has 1 amide bonds. The van der Waals surface area contributed by atoms with Crippen molar-refractivity contribution < 1.29 is 9.18 Å². The monoisotopic (exact) mass is 368 g/mol. The van der Waals surface area contributed by atoms with Crippen molar-refractivity contribution >= 4 is 28.4 Å². The van der Waals surface area contributed by atoms with Crippen molar-refractivity contribution in [2.45, 2.75) is 25.3 Å². The van der Waals surface area contributed by atoms with Gasteiger partial charge in [-0.15, -0.1) is 0 Å². The molecule has 3 nitrogen and oxygen atoms in total. The molecule has 0 spiro atoms. The van der Waals surface area contributed by atoms with Crippen LogP contribution in [0.1, 0.15) is 40.4 Å². The molecule has 4 rings (SSSR count). The van der Waals surface area contributed by atoms with Gasteiger partial charge in [-0.3, -0.25) is 9.78 Å². The first-order valence-corrected chi connectivity index (χ1v) is 9.00. The topological polar surface area (TPSA) is 33.2 Å². The van der Waals surface area contributed by atoms with Crippen molar-refractivity contribution in [3.05, 3.63) is 76.2 Å². The van der Waals surface area contributed by atoms with Gasteiger partial charge >= 0.3 is 0 Å². The number of fused-ring (bicyclic) bond motifs is 1. The Morgan fingerprint density at radius 3 is 2.73 bits per heavy atom. The van der Waals surface area contributed by atoms with E-state index in [9.17, 15) is 9.18 Å². The third kappa shape index (κ3) is 3.17. The van der Waals surface area contributed by atoms with Crippen LogP contribution in [-0.2, 0) is 6.54 Å². The van der Waals surface area contributed by atoms with Gasteiger partial charge in [-0.05, 0) is 37.1 Å². The summed E-state index contributed by atoms with van der Waals surface area (Å²) in [5.74, 6) is -0.127. The maximum Gasteiger partial charge on any atom is 0.254 e. The lowest BCUT2D eigenvalue weighted by Crippen LogP contribution is -2.27. The summed E-state index contributed by atoms with van der Waals surface area (Å²) in [6.07, 6.45) is 2.22. The van der Waals surface area contributed by atoms with Crippen LogP contribution in [0, 0.1) is 5.82 Å². The van der Waals surface area contributed by atoms with E-state index in [0.29, 0.717) is 22.1 Å². The minimum absolute atomic E-state index is 0.111. The number of aromatic nitrogens is 1. The zero-order valence-electron chi connectivity index (χ0n) is 14.4. The first-order valence-electron chi connectivity index (χ1n) is 8.62. The summed E-state index contributed by atoms with van der Waals surface area (Å²) < 4.78 is 14.1. The number of pyridine rings is 1. The number of benzene rings is 2. The number of nitrogens with zero attached hydrogens (tertiary/aromatic N) is 2. The molecule has 1 aliphatic rings. The van der Waals surface area contributed by atoms with E-state index in [1.54, 1.807) is 19.2 Å². The molecule has 26 heavy (non-hydrogen) atoms. The van der Waals surface area contributed by atoms with E-state index in [4.69, 9.17) is 16.6 Å². The van der Waals surface area contributed by atoms with Gasteiger partial charge in [0, 0.05) is 41.2 Å². The molecular formula is C21H18ClFN2O. The highest BCUT2D eigenvalue weighted by atomic mass is 35.5. The second-order valence-corrected chi connectivity index (χ2v) is 7.15. The molecule has 0 aliphatic heterocycles. The lowest BCUT2D eigenvalue weighted by Gasteiger charge is -2.20. The SMILES string of the molecule is CN(Cc1c(F)cccc1Cl)C(=O)c1cc(C2CC2)nc2ccccc12. The standard InChI is InChI=1S/C21H18ClFN2O/c1-25(12-16-17(22)6-4-7-18(16)23)21(26)15-11-20(13-9-10-13)24-19-8-3-2-5-14(15)19/h2-8,11,13H,9-10,12H2,1H3. The molecule has 5 heteroatoms. The minimum atomic E-state index is -0.407. The molecule has 0 atom stereocenters. The van der Waals surface area contributed by atoms with Crippen LogP contribution in [0.3, 0.4) is 0 Å². The molecule has 1 fully saturated rings. The summed E-state index contributed by atoms with van der Waals surface area (Å²) in [4.78, 5) is 19.3. The van der Waals surface area contributed by atoms with Crippen LogP contribution in [0.4, 0.5) is 4.39 Å². The third-order valence-corrected chi connectivity index (χ3v) is 5.12. The molecule has 1 aliphatic carbocycles. The van der Waals surface area contributed by atoms with Gasteiger partial charge < -0.3 is 4.90 Å². The molecule has 0 unspecified atom stereocenters. The van der Waals surface area contributed by atoms with Crippen molar-refractivity contribution in [1.82, 2.24) is 9.88 Å². The second kappa shape index (κ2) is 6.69. The van der Waals surface area contributed by atoms with E-state index in [2.05, 4.69) is 0 Å². The van der Waals surface area contributed by atoms with Gasteiger partial charge in [-0.1, -0.05) is 35.9 Å². The highest BCUT2D eigenvalue weighted by Gasteiger charge is 2.27. The highest BCUT2D eigenvalue weighted by Crippen LogP contribution is 2.40. The van der Waals surface area contributed by atoms with E-state index in [1.807, 2.05) is 30.3 Å². The number of hydrogen-bond donors (Lipinski definition) is 0. The zero-order valence-corrected chi connectivity index (χ0v) is 15.1. The predicted octanol–water partition coefficient (Wildman–Crippen LogP) is 5.18. The second-order valence-electron chi connectivity index (χ2n) is 6.75. The van der Waals surface area contributed by atoms with Crippen LogP contribution in [0.25, 0.3) is 10.9 Å². The van der Waals surface area contributed by atoms with E-state index in [1.165, 1.54) is 11.0 Å². The number of halogens is 2. The van der Waals surface area contributed by atoms with Crippen LogP contribution in [0.2, 0.25) is 5.02 Å². The number of rotatable bonds is 4. The number of para-hydroxylation sites is 1. The van der Waals surface area contributed by atoms with Crippen molar-refractivity contribution in [1.29, 1.82) is 0 Å². The minimum Gasteiger partial charge on any atom is -0.337 e. The number of carbonyl (C=O) groups excluding carboxylic acids is 1. The molecule has 0 radical (unpaired) electrons. The van der Waals surface area contributed by atoms with Gasteiger partial charge in [0.05, 0.1) is 11.1 Å². The first kappa shape index (κ1) is 17.0. The van der Waals surface area contributed by atoms with Crippen molar-refractivity contribution in [3.63, 3.8) is 0 Å². The van der Waals surface area contributed by atoms with E-state index in [-0.39, 0.29) is 12.5 Å². The summed E-state index contributed by atoms with van der Waals surface area (Å²) >= 11 is 6.11. The summed E-state index contributed by atoms with van der Waals surface area (Å²) in [7, 11) is 1.66. The highest BCUT2D eigenvalue weighted by molar-refractivity contribution is 6.31. The van der Waals surface area contributed by atoms with Gasteiger partial charge in [0.2, 0.25) is 0 Å². The summed E-state index contributed by atoms with van der Waals surface area (Å²) in [6.45, 7) is 0.111. The summed E-state index contributed by atoms with van der Waals surface area (Å²) in [5, 5.41) is 1.14. The van der Waals surface area contributed by atoms with Gasteiger partial charge in [0.1, 0.15) is 5.82 Å².